The van der Waals surface area contributed by atoms with Gasteiger partial charge in [-0.2, -0.15) is 0 Å². The molecule has 0 spiro atoms. The molecule has 18 heavy (non-hydrogen) atoms. The van der Waals surface area contributed by atoms with Crippen molar-refractivity contribution in [3.63, 3.8) is 0 Å². The fourth-order valence-electron chi connectivity index (χ4n) is 2.25. The van der Waals surface area contributed by atoms with Crippen LogP contribution in [-0.4, -0.2) is 25.4 Å². The summed E-state index contributed by atoms with van der Waals surface area (Å²) in [6.45, 7) is 3.25. The van der Waals surface area contributed by atoms with Crippen molar-refractivity contribution >= 4 is 11.6 Å². The van der Waals surface area contributed by atoms with Crippen LogP contribution < -0.4 is 10.5 Å². The third-order valence-corrected chi connectivity index (χ3v) is 3.57. The predicted molar refractivity (Wildman–Crippen MR) is 73.3 cm³/mol. The Balaban J connectivity index is 1.98. The second-order valence-electron chi connectivity index (χ2n) is 4.71. The Morgan fingerprint density at radius 2 is 2.28 bits per heavy atom. The van der Waals surface area contributed by atoms with E-state index in [1.54, 1.807) is 0 Å². The van der Waals surface area contributed by atoms with Gasteiger partial charge in [-0.1, -0.05) is 17.7 Å². The lowest BCUT2D eigenvalue weighted by molar-refractivity contribution is 0.0262. The van der Waals surface area contributed by atoms with Crippen LogP contribution in [0.2, 0.25) is 5.02 Å². The SMILES string of the molecule is CC1CCC(COc2cccc(Cl)c2CCN)O1. The molecule has 1 aliphatic heterocycles. The number of halogens is 1. The minimum atomic E-state index is 0.199. The summed E-state index contributed by atoms with van der Waals surface area (Å²) in [5, 5.41) is 0.721. The van der Waals surface area contributed by atoms with Crippen LogP contribution in [0.4, 0.5) is 0 Å². The van der Waals surface area contributed by atoms with Crippen LogP contribution in [0, 0.1) is 0 Å². The van der Waals surface area contributed by atoms with Crippen molar-refractivity contribution in [2.45, 2.75) is 38.4 Å². The zero-order valence-corrected chi connectivity index (χ0v) is 11.5. The van der Waals surface area contributed by atoms with E-state index in [4.69, 9.17) is 26.8 Å². The Morgan fingerprint density at radius 1 is 1.44 bits per heavy atom. The van der Waals surface area contributed by atoms with Crippen LogP contribution in [0.1, 0.15) is 25.3 Å². The highest BCUT2D eigenvalue weighted by Gasteiger charge is 2.22. The topological polar surface area (TPSA) is 44.5 Å². The Morgan fingerprint density at radius 3 is 2.94 bits per heavy atom. The minimum Gasteiger partial charge on any atom is -0.491 e. The highest BCUT2D eigenvalue weighted by molar-refractivity contribution is 6.31. The van der Waals surface area contributed by atoms with Gasteiger partial charge in [-0.3, -0.25) is 0 Å². The third kappa shape index (κ3) is 3.37. The van der Waals surface area contributed by atoms with Gasteiger partial charge in [0.1, 0.15) is 12.4 Å². The van der Waals surface area contributed by atoms with Crippen molar-refractivity contribution < 1.29 is 9.47 Å². The van der Waals surface area contributed by atoms with Crippen LogP contribution in [0.3, 0.4) is 0 Å². The summed E-state index contributed by atoms with van der Waals surface area (Å²) in [5.74, 6) is 0.830. The first-order valence-corrected chi connectivity index (χ1v) is 6.84. The van der Waals surface area contributed by atoms with Gasteiger partial charge in [-0.15, -0.1) is 0 Å². The molecule has 1 saturated heterocycles. The molecule has 2 N–H and O–H groups in total. The number of hydrogen-bond acceptors (Lipinski definition) is 3. The molecular formula is C14H20ClNO2. The number of ether oxygens (including phenoxy) is 2. The third-order valence-electron chi connectivity index (χ3n) is 3.21. The zero-order chi connectivity index (χ0) is 13.0. The van der Waals surface area contributed by atoms with E-state index >= 15 is 0 Å². The van der Waals surface area contributed by atoms with E-state index in [0.29, 0.717) is 19.3 Å². The van der Waals surface area contributed by atoms with E-state index in [2.05, 4.69) is 6.92 Å². The lowest BCUT2D eigenvalue weighted by Crippen LogP contribution is -2.18. The number of benzene rings is 1. The van der Waals surface area contributed by atoms with E-state index in [1.807, 2.05) is 18.2 Å². The second kappa shape index (κ2) is 6.41. The smallest absolute Gasteiger partial charge is 0.124 e. The van der Waals surface area contributed by atoms with Gasteiger partial charge in [-0.05, 0) is 44.9 Å². The summed E-state index contributed by atoms with van der Waals surface area (Å²) in [7, 11) is 0. The number of nitrogens with two attached hydrogens (primary N) is 1. The highest BCUT2D eigenvalue weighted by Crippen LogP contribution is 2.28. The Bertz CT molecular complexity index is 397. The summed E-state index contributed by atoms with van der Waals surface area (Å²) in [6.07, 6.45) is 3.45. The summed E-state index contributed by atoms with van der Waals surface area (Å²) in [4.78, 5) is 0. The van der Waals surface area contributed by atoms with Crippen molar-refractivity contribution in [3.05, 3.63) is 28.8 Å². The van der Waals surface area contributed by atoms with Crippen LogP contribution >= 0.6 is 11.6 Å². The van der Waals surface area contributed by atoms with Crippen molar-refractivity contribution in [2.24, 2.45) is 5.73 Å². The molecule has 1 aromatic rings. The van der Waals surface area contributed by atoms with Crippen LogP contribution in [0.5, 0.6) is 5.75 Å². The summed E-state index contributed by atoms with van der Waals surface area (Å²) in [6, 6.07) is 5.71. The second-order valence-corrected chi connectivity index (χ2v) is 5.12. The first-order chi connectivity index (χ1) is 8.70. The van der Waals surface area contributed by atoms with Gasteiger partial charge in [0.15, 0.2) is 0 Å². The Hall–Kier alpha value is -0.770. The molecule has 3 nitrogen and oxygen atoms in total. The number of rotatable bonds is 5. The van der Waals surface area contributed by atoms with E-state index in [1.165, 1.54) is 0 Å². The predicted octanol–water partition coefficient (Wildman–Crippen LogP) is 2.79. The molecule has 0 aliphatic carbocycles. The monoisotopic (exact) mass is 269 g/mol. The van der Waals surface area contributed by atoms with Gasteiger partial charge in [-0.25, -0.2) is 0 Å². The van der Waals surface area contributed by atoms with E-state index in [0.717, 1.165) is 35.6 Å². The lowest BCUT2D eigenvalue weighted by atomic mass is 10.1. The molecule has 1 heterocycles. The molecule has 2 rings (SSSR count). The summed E-state index contributed by atoms with van der Waals surface area (Å²) >= 11 is 6.16. The molecule has 0 amide bonds. The van der Waals surface area contributed by atoms with E-state index < -0.39 is 0 Å². The van der Waals surface area contributed by atoms with E-state index in [9.17, 15) is 0 Å². The Kier molecular flexibility index (Phi) is 4.87. The van der Waals surface area contributed by atoms with Crippen molar-refractivity contribution in [3.8, 4) is 5.75 Å². The molecular weight excluding hydrogens is 250 g/mol. The molecule has 0 radical (unpaired) electrons. The maximum Gasteiger partial charge on any atom is 0.124 e. The van der Waals surface area contributed by atoms with Crippen LogP contribution in [-0.2, 0) is 11.2 Å². The van der Waals surface area contributed by atoms with Gasteiger partial charge in [0.25, 0.3) is 0 Å². The normalized spacial score (nSPS) is 23.3. The van der Waals surface area contributed by atoms with Crippen molar-refractivity contribution in [1.29, 1.82) is 0 Å². The number of hydrogen-bond donors (Lipinski definition) is 1. The van der Waals surface area contributed by atoms with Crippen LogP contribution in [0.25, 0.3) is 0 Å². The van der Waals surface area contributed by atoms with Gasteiger partial charge in [0, 0.05) is 10.6 Å². The average molecular weight is 270 g/mol. The van der Waals surface area contributed by atoms with Gasteiger partial charge in [0.05, 0.1) is 12.2 Å². The first-order valence-electron chi connectivity index (χ1n) is 6.46. The summed E-state index contributed by atoms with van der Waals surface area (Å²) in [5.41, 5.74) is 6.59. The van der Waals surface area contributed by atoms with Gasteiger partial charge in [0.2, 0.25) is 0 Å². The molecule has 0 bridgehead atoms. The minimum absolute atomic E-state index is 0.199. The molecule has 1 aliphatic rings. The first kappa shape index (κ1) is 13.7. The van der Waals surface area contributed by atoms with Crippen molar-refractivity contribution in [1.82, 2.24) is 0 Å². The quantitative estimate of drug-likeness (QED) is 0.894. The molecule has 2 atom stereocenters. The van der Waals surface area contributed by atoms with Crippen LogP contribution in [0.15, 0.2) is 18.2 Å². The molecule has 1 fully saturated rings. The van der Waals surface area contributed by atoms with Crippen molar-refractivity contribution in [2.75, 3.05) is 13.2 Å². The summed E-state index contributed by atoms with van der Waals surface area (Å²) < 4.78 is 11.6. The lowest BCUT2D eigenvalue weighted by Gasteiger charge is -2.16. The fourth-order valence-corrected chi connectivity index (χ4v) is 2.51. The largest absolute Gasteiger partial charge is 0.491 e. The maximum absolute atomic E-state index is 6.16. The van der Waals surface area contributed by atoms with Gasteiger partial charge < -0.3 is 15.2 Å². The highest BCUT2D eigenvalue weighted by atomic mass is 35.5. The molecule has 100 valence electrons. The maximum atomic E-state index is 6.16. The average Bonchev–Trinajstić information content (AvgIpc) is 2.76. The van der Waals surface area contributed by atoms with Gasteiger partial charge >= 0.3 is 0 Å². The standard InChI is InChI=1S/C14H20ClNO2/c1-10-5-6-11(18-10)9-17-14-4-2-3-13(15)12(14)7-8-16/h2-4,10-11H,5-9,16H2,1H3. The van der Waals surface area contributed by atoms with E-state index in [-0.39, 0.29) is 6.10 Å². The molecule has 1 aromatic carbocycles. The molecule has 0 aromatic heterocycles. The Labute approximate surface area is 113 Å². The molecule has 2 unspecified atom stereocenters. The molecule has 4 heteroatoms. The molecule has 0 saturated carbocycles. The zero-order valence-electron chi connectivity index (χ0n) is 10.7. The fraction of sp³-hybridized carbons (Fsp3) is 0.571.